The second-order valence-electron chi connectivity index (χ2n) is 5.84. The van der Waals surface area contributed by atoms with E-state index in [0.29, 0.717) is 17.1 Å². The average Bonchev–Trinajstić information content (AvgIpc) is 2.73. The van der Waals surface area contributed by atoms with Crippen molar-refractivity contribution in [2.75, 3.05) is 32.8 Å². The summed E-state index contributed by atoms with van der Waals surface area (Å²) < 4.78 is 43.1. The normalized spacial score (nSPS) is 11.5. The number of hydrogen-bond acceptors (Lipinski definition) is 8. The van der Waals surface area contributed by atoms with Crippen LogP contribution in [0.25, 0.3) is 0 Å². The molecule has 12 heteroatoms. The molecule has 2 N–H and O–H groups in total. The van der Waals surface area contributed by atoms with Crippen molar-refractivity contribution in [1.82, 2.24) is 19.7 Å². The molecule has 2 amide bonds. The van der Waals surface area contributed by atoms with E-state index in [1.807, 2.05) is 6.92 Å². The second kappa shape index (κ2) is 11.9. The van der Waals surface area contributed by atoms with Crippen LogP contribution in [-0.2, 0) is 17.4 Å². The van der Waals surface area contributed by atoms with Gasteiger partial charge in [0, 0.05) is 6.42 Å². The second-order valence-corrected chi connectivity index (χ2v) is 6.99. The number of nitrogens with zero attached hydrogens (tertiary/aromatic N) is 3. The summed E-state index contributed by atoms with van der Waals surface area (Å²) in [6.45, 7) is 1.59. The molecule has 1 aromatic carbocycles. The van der Waals surface area contributed by atoms with Gasteiger partial charge in [-0.05, 0) is 18.1 Å². The Morgan fingerprint density at radius 3 is 2.47 bits per heavy atom. The van der Waals surface area contributed by atoms with Crippen molar-refractivity contribution in [1.29, 1.82) is 0 Å². The van der Waals surface area contributed by atoms with Crippen LogP contribution >= 0.6 is 0 Å². The van der Waals surface area contributed by atoms with Crippen molar-refractivity contribution < 1.29 is 27.6 Å². The molecule has 1 unspecified atom stereocenters. The number of aromatic nitrogens is 3. The van der Waals surface area contributed by atoms with Gasteiger partial charge in [0.15, 0.2) is 11.0 Å². The van der Waals surface area contributed by atoms with Gasteiger partial charge in [0.2, 0.25) is 5.95 Å². The number of nitrogens with one attached hydrogen (secondary N) is 2. The smallest absolute Gasteiger partial charge is 0.333 e. The lowest BCUT2D eigenvalue weighted by molar-refractivity contribution is 0.256. The summed E-state index contributed by atoms with van der Waals surface area (Å²) >= 11 is 0. The number of halogens is 1. The van der Waals surface area contributed by atoms with E-state index in [0.717, 1.165) is 12.0 Å². The number of urea groups is 1. The molecule has 1 atom stereocenters. The average molecular weight is 441 g/mol. The Labute approximate surface area is 176 Å². The van der Waals surface area contributed by atoms with E-state index in [-0.39, 0.29) is 31.0 Å². The fourth-order valence-electron chi connectivity index (χ4n) is 2.43. The summed E-state index contributed by atoms with van der Waals surface area (Å²) in [5, 5.41) is 2.36. The van der Waals surface area contributed by atoms with Crippen LogP contribution in [0.4, 0.5) is 15.1 Å². The highest BCUT2D eigenvalue weighted by Crippen LogP contribution is 2.27. The number of carbonyl (C=O) groups is 1. The van der Waals surface area contributed by atoms with Crippen LogP contribution in [0.15, 0.2) is 23.1 Å². The summed E-state index contributed by atoms with van der Waals surface area (Å²) in [5.41, 5.74) is 0.761. The maximum absolute atomic E-state index is 12.9. The van der Waals surface area contributed by atoms with Crippen molar-refractivity contribution >= 4 is 23.0 Å². The zero-order valence-corrected chi connectivity index (χ0v) is 17.8. The number of hydrogen-bond donors (Lipinski definition) is 2. The Bertz CT molecular complexity index is 864. The largest absolute Gasteiger partial charge is 0.492 e. The lowest BCUT2D eigenvalue weighted by Crippen LogP contribution is -2.32. The van der Waals surface area contributed by atoms with Gasteiger partial charge in [-0.1, -0.05) is 25.5 Å². The SMILES string of the molecule is CCCc1cccc(OCCCF)c1S(=O)NC(=O)Nc1nc(OC)nc(OC)n1. The molecule has 0 spiro atoms. The molecule has 2 rings (SSSR count). The minimum atomic E-state index is -1.95. The summed E-state index contributed by atoms with van der Waals surface area (Å²) in [5.74, 6) is 0.186. The maximum atomic E-state index is 12.9. The Morgan fingerprint density at radius 2 is 1.87 bits per heavy atom. The number of anilines is 1. The van der Waals surface area contributed by atoms with E-state index >= 15 is 0 Å². The Hall–Kier alpha value is -3.02. The monoisotopic (exact) mass is 441 g/mol. The van der Waals surface area contributed by atoms with Crippen LogP contribution in [0.5, 0.6) is 17.8 Å². The van der Waals surface area contributed by atoms with Crippen LogP contribution in [0.2, 0.25) is 0 Å². The molecule has 1 aromatic heterocycles. The zero-order chi connectivity index (χ0) is 21.9. The molecule has 0 aliphatic rings. The van der Waals surface area contributed by atoms with Gasteiger partial charge < -0.3 is 14.2 Å². The van der Waals surface area contributed by atoms with Gasteiger partial charge in [0.1, 0.15) is 10.6 Å². The molecular formula is C18H24FN5O5S. The number of aryl methyl sites for hydroxylation is 1. The van der Waals surface area contributed by atoms with E-state index in [1.54, 1.807) is 18.2 Å². The standard InChI is InChI=1S/C18H24FN5O5S/c1-4-7-12-8-5-9-13(29-11-6-10-19)14(12)30(26)24-16(25)20-15-21-17(27-2)23-18(22-15)28-3/h5,8-9H,4,6-7,10-11H2,1-3H3,(H2,20,21,22,23,24,25). The third kappa shape index (κ3) is 6.51. The third-order valence-electron chi connectivity index (χ3n) is 3.67. The molecule has 0 aliphatic carbocycles. The van der Waals surface area contributed by atoms with Crippen molar-refractivity contribution in [2.24, 2.45) is 0 Å². The highest BCUT2D eigenvalue weighted by atomic mass is 32.2. The molecule has 0 aliphatic heterocycles. The van der Waals surface area contributed by atoms with Crippen LogP contribution in [0.1, 0.15) is 25.3 Å². The number of amides is 2. The fourth-order valence-corrected chi connectivity index (χ4v) is 3.47. The minimum Gasteiger partial charge on any atom is -0.492 e. The van der Waals surface area contributed by atoms with Gasteiger partial charge in [-0.2, -0.15) is 9.97 Å². The number of ether oxygens (including phenoxy) is 3. The number of carbonyl (C=O) groups excluding carboxylic acids is 1. The molecule has 2 aromatic rings. The first-order chi connectivity index (χ1) is 14.5. The number of alkyl halides is 1. The molecule has 0 radical (unpaired) electrons. The van der Waals surface area contributed by atoms with Gasteiger partial charge in [-0.15, -0.1) is 4.98 Å². The molecule has 164 valence electrons. The Kier molecular flexibility index (Phi) is 9.19. The van der Waals surface area contributed by atoms with E-state index in [4.69, 9.17) is 14.2 Å². The van der Waals surface area contributed by atoms with E-state index in [2.05, 4.69) is 25.0 Å². The van der Waals surface area contributed by atoms with E-state index < -0.39 is 23.7 Å². The fraction of sp³-hybridized carbons (Fsp3) is 0.444. The van der Waals surface area contributed by atoms with Crippen molar-refractivity contribution in [3.05, 3.63) is 23.8 Å². The van der Waals surface area contributed by atoms with Gasteiger partial charge in [-0.3, -0.25) is 14.4 Å². The number of benzene rings is 1. The molecule has 10 nitrogen and oxygen atoms in total. The summed E-state index contributed by atoms with van der Waals surface area (Å²) in [6.07, 6.45) is 1.64. The first-order valence-corrected chi connectivity index (χ1v) is 10.3. The Balaban J connectivity index is 2.19. The first kappa shape index (κ1) is 23.3. The molecule has 0 saturated heterocycles. The number of rotatable bonds is 11. The lowest BCUT2D eigenvalue weighted by atomic mass is 10.1. The summed E-state index contributed by atoms with van der Waals surface area (Å²) in [7, 11) is 0.754. The summed E-state index contributed by atoms with van der Waals surface area (Å²) in [6, 6.07) is 4.26. The number of methoxy groups -OCH3 is 2. The molecule has 30 heavy (non-hydrogen) atoms. The predicted molar refractivity (Wildman–Crippen MR) is 108 cm³/mol. The van der Waals surface area contributed by atoms with Crippen LogP contribution in [0.3, 0.4) is 0 Å². The van der Waals surface area contributed by atoms with Crippen molar-refractivity contribution in [3.8, 4) is 17.8 Å². The zero-order valence-electron chi connectivity index (χ0n) is 16.9. The highest BCUT2D eigenvalue weighted by molar-refractivity contribution is 7.83. The Morgan fingerprint density at radius 1 is 1.17 bits per heavy atom. The lowest BCUT2D eigenvalue weighted by Gasteiger charge is -2.15. The van der Waals surface area contributed by atoms with Crippen molar-refractivity contribution in [2.45, 2.75) is 31.1 Å². The van der Waals surface area contributed by atoms with Crippen LogP contribution in [-0.4, -0.2) is 52.7 Å². The van der Waals surface area contributed by atoms with Gasteiger partial charge >= 0.3 is 18.1 Å². The third-order valence-corrected chi connectivity index (χ3v) is 4.88. The molecule has 1 heterocycles. The van der Waals surface area contributed by atoms with Crippen LogP contribution in [0, 0.1) is 0 Å². The van der Waals surface area contributed by atoms with E-state index in [1.165, 1.54) is 14.2 Å². The van der Waals surface area contributed by atoms with Gasteiger partial charge in [-0.25, -0.2) is 9.00 Å². The topological polar surface area (TPSA) is 125 Å². The van der Waals surface area contributed by atoms with Gasteiger partial charge in [0.25, 0.3) is 0 Å². The highest BCUT2D eigenvalue weighted by Gasteiger charge is 2.19. The van der Waals surface area contributed by atoms with Crippen molar-refractivity contribution in [3.63, 3.8) is 0 Å². The summed E-state index contributed by atoms with van der Waals surface area (Å²) in [4.78, 5) is 24.3. The molecule has 0 bridgehead atoms. The maximum Gasteiger partial charge on any atom is 0.333 e. The quantitative estimate of drug-likeness (QED) is 0.510. The van der Waals surface area contributed by atoms with E-state index in [9.17, 15) is 13.4 Å². The van der Waals surface area contributed by atoms with Crippen LogP contribution < -0.4 is 24.2 Å². The van der Waals surface area contributed by atoms with Gasteiger partial charge in [0.05, 0.1) is 27.5 Å². The molecular weight excluding hydrogens is 417 g/mol. The minimum absolute atomic E-state index is 0.0601. The first-order valence-electron chi connectivity index (χ1n) is 9.16. The molecule has 0 fully saturated rings. The molecule has 0 saturated carbocycles. The predicted octanol–water partition coefficient (Wildman–Crippen LogP) is 2.42.